The Morgan fingerprint density at radius 2 is 2.00 bits per heavy atom. The molecular formula is C28H25F2N3O2. The highest BCUT2D eigenvalue weighted by Crippen LogP contribution is 2.56. The minimum atomic E-state index is -2.14. The maximum absolute atomic E-state index is 14.0. The Morgan fingerprint density at radius 3 is 2.74 bits per heavy atom. The summed E-state index contributed by atoms with van der Waals surface area (Å²) in [5, 5.41) is 13.2. The molecule has 1 amide bonds. The Bertz CT molecular complexity index is 1470. The van der Waals surface area contributed by atoms with Crippen molar-refractivity contribution in [1.82, 2.24) is 15.2 Å². The SMILES string of the molecule is [2H]C([2H])([2H])N1C[C@@H]2C[C@]2(C#Cc2cc(C)nc(C(=O)NC(c3ccc(F)cc3)c3cc(F)ccc3O)c2)C1. The normalized spacial score (nSPS) is 23.2. The predicted octanol–water partition coefficient (Wildman–Crippen LogP) is 4.20. The number of hydrogen-bond donors (Lipinski definition) is 2. The third kappa shape index (κ3) is 4.75. The zero-order valence-electron chi connectivity index (χ0n) is 22.0. The highest BCUT2D eigenvalue weighted by Gasteiger charge is 2.58. The van der Waals surface area contributed by atoms with Crippen molar-refractivity contribution in [1.29, 1.82) is 0 Å². The smallest absolute Gasteiger partial charge is 0.270 e. The number of carbonyl (C=O) groups excluding carboxylic acids is 1. The summed E-state index contributed by atoms with van der Waals surface area (Å²) in [5.41, 5.74) is 1.37. The highest BCUT2D eigenvalue weighted by atomic mass is 19.1. The van der Waals surface area contributed by atoms with Gasteiger partial charge in [-0.25, -0.2) is 13.8 Å². The van der Waals surface area contributed by atoms with Crippen LogP contribution in [0.15, 0.2) is 54.6 Å². The van der Waals surface area contributed by atoms with E-state index in [0.29, 0.717) is 29.9 Å². The van der Waals surface area contributed by atoms with Crippen molar-refractivity contribution in [2.24, 2.45) is 11.3 Å². The van der Waals surface area contributed by atoms with Gasteiger partial charge in [0, 0.05) is 39.4 Å². The lowest BCUT2D eigenvalue weighted by molar-refractivity contribution is 0.0937. The summed E-state index contributed by atoms with van der Waals surface area (Å²) in [6.07, 6.45) is 0.848. The topological polar surface area (TPSA) is 65.5 Å². The molecule has 5 rings (SSSR count). The van der Waals surface area contributed by atoms with E-state index in [-0.39, 0.29) is 28.3 Å². The molecule has 3 atom stereocenters. The van der Waals surface area contributed by atoms with Crippen molar-refractivity contribution < 1.29 is 22.8 Å². The van der Waals surface area contributed by atoms with Gasteiger partial charge in [0.25, 0.3) is 5.91 Å². The summed E-state index contributed by atoms with van der Waals surface area (Å²) in [6, 6.07) is 11.0. The van der Waals surface area contributed by atoms with Gasteiger partial charge < -0.3 is 15.3 Å². The number of carbonyl (C=O) groups is 1. The molecule has 3 aromatic rings. The van der Waals surface area contributed by atoms with Crippen LogP contribution in [0.4, 0.5) is 8.78 Å². The van der Waals surface area contributed by atoms with E-state index < -0.39 is 30.6 Å². The number of pyridine rings is 1. The molecule has 1 aliphatic carbocycles. The lowest BCUT2D eigenvalue weighted by atomic mass is 9.97. The number of aromatic nitrogens is 1. The highest BCUT2D eigenvalue weighted by molar-refractivity contribution is 5.93. The zero-order valence-corrected chi connectivity index (χ0v) is 19.0. The average molecular weight is 477 g/mol. The van der Waals surface area contributed by atoms with Crippen LogP contribution in [-0.4, -0.2) is 41.0 Å². The lowest BCUT2D eigenvalue weighted by Gasteiger charge is -2.21. The van der Waals surface area contributed by atoms with Gasteiger partial charge in [-0.3, -0.25) is 4.79 Å². The third-order valence-electron chi connectivity index (χ3n) is 6.57. The average Bonchev–Trinajstić information content (AvgIpc) is 3.41. The van der Waals surface area contributed by atoms with Crippen LogP contribution in [0, 0.1) is 41.7 Å². The molecule has 2 fully saturated rings. The number of aryl methyl sites for hydroxylation is 1. The lowest BCUT2D eigenvalue weighted by Crippen LogP contribution is -2.30. The van der Waals surface area contributed by atoms with Gasteiger partial charge in [-0.05, 0) is 74.3 Å². The van der Waals surface area contributed by atoms with Gasteiger partial charge in [0.15, 0.2) is 0 Å². The maximum Gasteiger partial charge on any atom is 0.270 e. The fourth-order valence-corrected chi connectivity index (χ4v) is 4.69. The van der Waals surface area contributed by atoms with E-state index >= 15 is 0 Å². The Hall–Kier alpha value is -3.76. The van der Waals surface area contributed by atoms with Gasteiger partial charge in [0.1, 0.15) is 23.1 Å². The zero-order chi connectivity index (χ0) is 27.2. The number of amides is 1. The molecule has 1 aliphatic heterocycles. The largest absolute Gasteiger partial charge is 0.508 e. The number of nitrogens with one attached hydrogen (secondary N) is 1. The Morgan fingerprint density at radius 1 is 1.23 bits per heavy atom. The number of phenols is 1. The number of piperidine rings is 1. The van der Waals surface area contributed by atoms with Crippen molar-refractivity contribution >= 4 is 5.91 Å². The number of hydrogen-bond acceptors (Lipinski definition) is 4. The van der Waals surface area contributed by atoms with E-state index in [1.54, 1.807) is 13.0 Å². The first-order chi connectivity index (χ1) is 17.9. The molecule has 2 N–H and O–H groups in total. The molecule has 1 unspecified atom stereocenters. The van der Waals surface area contributed by atoms with Crippen LogP contribution in [0.1, 0.15) is 49.4 Å². The van der Waals surface area contributed by atoms with Crippen LogP contribution < -0.4 is 5.32 Å². The minimum Gasteiger partial charge on any atom is -0.508 e. The van der Waals surface area contributed by atoms with Gasteiger partial charge in [0.05, 0.1) is 6.04 Å². The van der Waals surface area contributed by atoms with Crippen molar-refractivity contribution in [2.45, 2.75) is 19.4 Å². The Labute approximate surface area is 207 Å². The van der Waals surface area contributed by atoms with Gasteiger partial charge in [-0.2, -0.15) is 0 Å². The molecule has 1 aromatic heterocycles. The molecule has 2 aliphatic rings. The van der Waals surface area contributed by atoms with E-state index in [1.807, 2.05) is 0 Å². The molecular weight excluding hydrogens is 448 g/mol. The van der Waals surface area contributed by atoms with Crippen LogP contribution in [0.5, 0.6) is 5.75 Å². The van der Waals surface area contributed by atoms with Gasteiger partial charge in [0.2, 0.25) is 0 Å². The number of likely N-dealkylation sites (tertiary alicyclic amines) is 1. The van der Waals surface area contributed by atoms with Gasteiger partial charge >= 0.3 is 0 Å². The number of fused-ring (bicyclic) bond motifs is 1. The molecule has 178 valence electrons. The van der Waals surface area contributed by atoms with E-state index in [4.69, 9.17) is 4.11 Å². The second-order valence-corrected chi connectivity index (χ2v) is 9.23. The summed E-state index contributed by atoms with van der Waals surface area (Å²) >= 11 is 0. The summed E-state index contributed by atoms with van der Waals surface area (Å²) in [6.45, 7) is 0.459. The summed E-state index contributed by atoms with van der Waals surface area (Å²) in [4.78, 5) is 19.1. The number of aromatic hydroxyl groups is 1. The molecule has 1 saturated heterocycles. The predicted molar refractivity (Wildman–Crippen MR) is 128 cm³/mol. The first-order valence-electron chi connectivity index (χ1n) is 12.8. The molecule has 1 saturated carbocycles. The molecule has 0 spiro atoms. The van der Waals surface area contributed by atoms with Crippen LogP contribution in [0.2, 0.25) is 0 Å². The van der Waals surface area contributed by atoms with Gasteiger partial charge in [-0.15, -0.1) is 0 Å². The van der Waals surface area contributed by atoms with E-state index in [1.165, 1.54) is 41.3 Å². The first kappa shape index (κ1) is 19.5. The van der Waals surface area contributed by atoms with E-state index in [2.05, 4.69) is 22.1 Å². The second kappa shape index (κ2) is 8.79. The van der Waals surface area contributed by atoms with E-state index in [9.17, 15) is 18.7 Å². The van der Waals surface area contributed by atoms with Crippen molar-refractivity contribution in [3.63, 3.8) is 0 Å². The van der Waals surface area contributed by atoms with E-state index in [0.717, 1.165) is 18.6 Å². The number of benzene rings is 2. The number of halogens is 2. The molecule has 2 aromatic carbocycles. The van der Waals surface area contributed by atoms with Crippen LogP contribution >= 0.6 is 0 Å². The molecule has 0 bridgehead atoms. The van der Waals surface area contributed by atoms with Crippen molar-refractivity contribution in [3.8, 4) is 17.6 Å². The monoisotopic (exact) mass is 476 g/mol. The quantitative estimate of drug-likeness (QED) is 0.554. The first-order valence-corrected chi connectivity index (χ1v) is 11.3. The third-order valence-corrected chi connectivity index (χ3v) is 6.57. The fourth-order valence-electron chi connectivity index (χ4n) is 4.69. The van der Waals surface area contributed by atoms with Crippen LogP contribution in [-0.2, 0) is 0 Å². The van der Waals surface area contributed by atoms with Crippen LogP contribution in [0.25, 0.3) is 0 Å². The van der Waals surface area contributed by atoms with Crippen molar-refractivity contribution in [2.75, 3.05) is 20.1 Å². The molecule has 2 heterocycles. The van der Waals surface area contributed by atoms with Crippen molar-refractivity contribution in [3.05, 3.63) is 94.3 Å². The Kier molecular flexibility index (Phi) is 4.91. The maximum atomic E-state index is 14.0. The summed E-state index contributed by atoms with van der Waals surface area (Å²) in [7, 11) is 0. The number of rotatable bonds is 4. The van der Waals surface area contributed by atoms with Gasteiger partial charge in [-0.1, -0.05) is 24.0 Å². The molecule has 5 nitrogen and oxygen atoms in total. The summed E-state index contributed by atoms with van der Waals surface area (Å²) in [5.74, 6) is 4.66. The molecule has 35 heavy (non-hydrogen) atoms. The molecule has 0 radical (unpaired) electrons. The fraction of sp³-hybridized carbons (Fsp3) is 0.286. The van der Waals surface area contributed by atoms with Crippen LogP contribution in [0.3, 0.4) is 0 Å². The number of phenolic OH excluding ortho intramolecular Hbond substituents is 1. The Balaban J connectivity index is 1.41. The molecule has 7 heteroatoms. The standard InChI is InChI=1S/C28H25F2N3O2/c1-17-11-18(9-10-28-14-20(28)15-33(2)16-28)12-24(31-17)27(35)32-26(19-3-5-21(29)6-4-19)23-13-22(30)7-8-25(23)34/h3-8,11-13,20,26,34H,14-16H2,1-2H3,(H,32,35)/t20-,26?,28+/m0/s1/i2D3. The summed E-state index contributed by atoms with van der Waals surface area (Å²) < 4.78 is 50.5. The second-order valence-electron chi connectivity index (χ2n) is 9.23. The number of nitrogens with zero attached hydrogens (tertiary/aromatic N) is 2. The minimum absolute atomic E-state index is 0.0673.